The van der Waals surface area contributed by atoms with Crippen LogP contribution in [0.3, 0.4) is 0 Å². The van der Waals surface area contributed by atoms with Crippen LogP contribution in [0.5, 0.6) is 0 Å². The van der Waals surface area contributed by atoms with Gasteiger partial charge in [-0.15, -0.1) is 0 Å². The molecule has 0 aliphatic rings. The van der Waals surface area contributed by atoms with Crippen LogP contribution in [-0.2, 0) is 0 Å². The van der Waals surface area contributed by atoms with E-state index in [1.54, 1.807) is 0 Å². The Kier molecular flexibility index (Phi) is 3.04. The van der Waals surface area contributed by atoms with Crippen molar-refractivity contribution in [1.82, 2.24) is 9.27 Å². The predicted molar refractivity (Wildman–Crippen MR) is 47.7 cm³/mol. The van der Waals surface area contributed by atoms with Gasteiger partial charge in [-0.05, 0) is 18.0 Å². The summed E-state index contributed by atoms with van der Waals surface area (Å²) in [6.45, 7) is 2.61. The maximum Gasteiger partial charge on any atom is 0.335 e. The van der Waals surface area contributed by atoms with Gasteiger partial charge in [0.25, 0.3) is 0 Å². The summed E-state index contributed by atoms with van der Waals surface area (Å²) in [6, 6.07) is 1.14. The van der Waals surface area contributed by atoms with Crippen molar-refractivity contribution in [2.75, 3.05) is 6.54 Å². The molecule has 0 unspecified atom stereocenters. The van der Waals surface area contributed by atoms with Crippen LogP contribution in [0.15, 0.2) is 17.1 Å². The number of aromatic nitrogens is 1. The highest BCUT2D eigenvalue weighted by molar-refractivity contribution is 7.04. The fraction of sp³-hybridized carbons (Fsp3) is 0.429. The molecule has 0 aliphatic carbocycles. The van der Waals surface area contributed by atoms with Crippen molar-refractivity contribution in [2.24, 2.45) is 0 Å². The standard InChI is InChI=1S/C7H10N2O2S/c1-2-4-8-7(11)9-5-3-6(10)12-9/h3,5H,2,4H2,1H3,(H,8,11). The largest absolute Gasteiger partial charge is 0.337 e. The van der Waals surface area contributed by atoms with Gasteiger partial charge in [0.05, 0.1) is 0 Å². The highest BCUT2D eigenvalue weighted by Gasteiger charge is 2.02. The molecule has 1 amide bonds. The van der Waals surface area contributed by atoms with Crippen LogP contribution >= 0.6 is 11.5 Å². The number of carbonyl (C=O) groups is 1. The van der Waals surface area contributed by atoms with Crippen LogP contribution in [0.25, 0.3) is 0 Å². The highest BCUT2D eigenvalue weighted by Crippen LogP contribution is 1.90. The van der Waals surface area contributed by atoms with Crippen molar-refractivity contribution in [1.29, 1.82) is 0 Å². The molecule has 1 rings (SSSR count). The Morgan fingerprint density at radius 1 is 1.75 bits per heavy atom. The van der Waals surface area contributed by atoms with Gasteiger partial charge in [0.2, 0.25) is 4.74 Å². The molecule has 0 aromatic carbocycles. The van der Waals surface area contributed by atoms with Crippen molar-refractivity contribution >= 4 is 17.6 Å². The third kappa shape index (κ3) is 2.20. The number of nitrogens with one attached hydrogen (secondary N) is 1. The van der Waals surface area contributed by atoms with Crippen LogP contribution < -0.4 is 10.1 Å². The van der Waals surface area contributed by atoms with E-state index < -0.39 is 0 Å². The second kappa shape index (κ2) is 4.06. The lowest BCUT2D eigenvalue weighted by molar-refractivity contribution is 0.244. The third-order valence-electron chi connectivity index (χ3n) is 1.26. The van der Waals surface area contributed by atoms with Crippen LogP contribution in [0.4, 0.5) is 4.79 Å². The summed E-state index contributed by atoms with van der Waals surface area (Å²) < 4.78 is 1.18. The quantitative estimate of drug-likeness (QED) is 0.745. The molecule has 0 fully saturated rings. The van der Waals surface area contributed by atoms with Crippen molar-refractivity contribution in [2.45, 2.75) is 13.3 Å². The monoisotopic (exact) mass is 186 g/mol. The normalized spacial score (nSPS) is 9.75. The maximum atomic E-state index is 11.1. The topological polar surface area (TPSA) is 51.1 Å². The van der Waals surface area contributed by atoms with Crippen LogP contribution in [0.1, 0.15) is 13.3 Å². The van der Waals surface area contributed by atoms with Gasteiger partial charge in [0, 0.05) is 18.8 Å². The van der Waals surface area contributed by atoms with Crippen molar-refractivity contribution in [3.63, 3.8) is 0 Å². The van der Waals surface area contributed by atoms with Gasteiger partial charge in [0.1, 0.15) is 0 Å². The van der Waals surface area contributed by atoms with E-state index in [1.807, 2.05) is 6.92 Å². The van der Waals surface area contributed by atoms with E-state index in [-0.39, 0.29) is 10.8 Å². The first-order valence-electron chi connectivity index (χ1n) is 3.71. The number of hydrogen-bond donors (Lipinski definition) is 1. The van der Waals surface area contributed by atoms with Gasteiger partial charge in [-0.3, -0.25) is 4.79 Å². The van der Waals surface area contributed by atoms with E-state index >= 15 is 0 Å². The van der Waals surface area contributed by atoms with E-state index in [9.17, 15) is 9.59 Å². The molecule has 0 radical (unpaired) electrons. The Morgan fingerprint density at radius 3 is 3.00 bits per heavy atom. The van der Waals surface area contributed by atoms with Crippen molar-refractivity contribution in [3.05, 3.63) is 21.8 Å². The molecule has 1 N–H and O–H groups in total. The summed E-state index contributed by atoms with van der Waals surface area (Å²) in [5.74, 6) is 0. The highest BCUT2D eigenvalue weighted by atomic mass is 32.1. The second-order valence-electron chi connectivity index (χ2n) is 2.28. The zero-order valence-corrected chi connectivity index (χ0v) is 7.56. The smallest absolute Gasteiger partial charge is 0.335 e. The zero-order chi connectivity index (χ0) is 8.97. The van der Waals surface area contributed by atoms with E-state index in [0.29, 0.717) is 6.54 Å². The van der Waals surface area contributed by atoms with E-state index in [1.165, 1.54) is 16.2 Å². The van der Waals surface area contributed by atoms with Gasteiger partial charge >= 0.3 is 6.03 Å². The Bertz CT molecular complexity index is 315. The molecule has 1 heterocycles. The lowest BCUT2D eigenvalue weighted by Gasteiger charge is -2.00. The van der Waals surface area contributed by atoms with E-state index in [0.717, 1.165) is 18.0 Å². The van der Waals surface area contributed by atoms with Crippen LogP contribution in [0, 0.1) is 0 Å². The molecule has 0 saturated carbocycles. The molecular weight excluding hydrogens is 176 g/mol. The molecule has 4 nitrogen and oxygen atoms in total. The van der Waals surface area contributed by atoms with Crippen molar-refractivity contribution < 1.29 is 4.79 Å². The van der Waals surface area contributed by atoms with Crippen LogP contribution in [0.2, 0.25) is 0 Å². The molecular formula is C7H10N2O2S. The summed E-state index contributed by atoms with van der Waals surface area (Å²) in [5.41, 5.74) is 0. The summed E-state index contributed by atoms with van der Waals surface area (Å²) in [4.78, 5) is 21.8. The number of carbonyl (C=O) groups excluding carboxylic acids is 1. The molecule has 0 saturated heterocycles. The first-order valence-corrected chi connectivity index (χ1v) is 4.48. The molecule has 1 aromatic rings. The lowest BCUT2D eigenvalue weighted by atomic mass is 10.5. The zero-order valence-electron chi connectivity index (χ0n) is 6.74. The first-order chi connectivity index (χ1) is 5.74. The fourth-order valence-electron chi connectivity index (χ4n) is 0.705. The fourth-order valence-corrected chi connectivity index (χ4v) is 1.29. The molecule has 0 bridgehead atoms. The van der Waals surface area contributed by atoms with Crippen LogP contribution in [-0.4, -0.2) is 16.5 Å². The number of rotatable bonds is 2. The Morgan fingerprint density at radius 2 is 2.50 bits per heavy atom. The number of nitrogens with zero attached hydrogens (tertiary/aromatic N) is 1. The third-order valence-corrected chi connectivity index (χ3v) is 2.06. The van der Waals surface area contributed by atoms with Gasteiger partial charge in [0.15, 0.2) is 0 Å². The maximum absolute atomic E-state index is 11.1. The van der Waals surface area contributed by atoms with Crippen molar-refractivity contribution in [3.8, 4) is 0 Å². The SMILES string of the molecule is CCCNC(=O)n1ccc(=O)s1. The average molecular weight is 186 g/mol. The van der Waals surface area contributed by atoms with E-state index in [2.05, 4.69) is 5.32 Å². The Labute approximate surface area is 74.0 Å². The summed E-state index contributed by atoms with van der Waals surface area (Å²) in [5, 5.41) is 2.66. The molecule has 1 aromatic heterocycles. The molecule has 66 valence electrons. The number of hydrogen-bond acceptors (Lipinski definition) is 3. The van der Waals surface area contributed by atoms with Gasteiger partial charge < -0.3 is 5.32 Å². The minimum Gasteiger partial charge on any atom is -0.337 e. The molecule has 0 atom stereocenters. The summed E-state index contributed by atoms with van der Waals surface area (Å²) in [7, 11) is 0. The molecule has 0 spiro atoms. The van der Waals surface area contributed by atoms with Gasteiger partial charge in [-0.25, -0.2) is 8.75 Å². The Hall–Kier alpha value is -1.10. The minimum absolute atomic E-state index is 0.110. The lowest BCUT2D eigenvalue weighted by Crippen LogP contribution is -2.27. The number of amides is 1. The summed E-state index contributed by atoms with van der Waals surface area (Å²) >= 11 is 0.895. The average Bonchev–Trinajstić information content (AvgIpc) is 2.47. The van der Waals surface area contributed by atoms with Gasteiger partial charge in [-0.1, -0.05) is 6.92 Å². The predicted octanol–water partition coefficient (Wildman–Crippen LogP) is 0.878. The molecule has 12 heavy (non-hydrogen) atoms. The Balaban J connectivity index is 2.59. The van der Waals surface area contributed by atoms with E-state index in [4.69, 9.17) is 0 Å². The molecule has 0 aliphatic heterocycles. The molecule has 5 heteroatoms. The second-order valence-corrected chi connectivity index (χ2v) is 3.26. The first kappa shape index (κ1) is 8.99. The minimum atomic E-state index is -0.232. The van der Waals surface area contributed by atoms with Gasteiger partial charge in [-0.2, -0.15) is 0 Å². The summed E-state index contributed by atoms with van der Waals surface area (Å²) in [6.07, 6.45) is 2.36.